The summed E-state index contributed by atoms with van der Waals surface area (Å²) in [5.74, 6) is 1.23. The first-order chi connectivity index (χ1) is 10.2. The highest BCUT2D eigenvalue weighted by Gasteiger charge is 2.27. The van der Waals surface area contributed by atoms with Crippen LogP contribution in [0.1, 0.15) is 50.7 Å². The fraction of sp³-hybridized carbons (Fsp3) is 0.474. The first-order valence-corrected chi connectivity index (χ1v) is 8.84. The standard InChI is InChI=1S/C19H23BrO/c1-2-13-4-3-5-16(10-13)19(21)17-7-6-15-12-18(20)9-8-14(15)11-17/h6-9,11-13,16,19,21H,2-5,10H2,1H3. The van der Waals surface area contributed by atoms with Crippen molar-refractivity contribution >= 4 is 26.7 Å². The number of aliphatic hydroxyl groups is 1. The number of fused-ring (bicyclic) bond motifs is 1. The molecule has 1 saturated carbocycles. The molecule has 3 atom stereocenters. The fourth-order valence-corrected chi connectivity index (χ4v) is 4.06. The zero-order valence-electron chi connectivity index (χ0n) is 12.6. The van der Waals surface area contributed by atoms with E-state index in [-0.39, 0.29) is 6.10 Å². The van der Waals surface area contributed by atoms with Crippen molar-refractivity contribution < 1.29 is 5.11 Å². The second-order valence-electron chi connectivity index (χ2n) is 6.40. The highest BCUT2D eigenvalue weighted by molar-refractivity contribution is 9.10. The molecule has 0 amide bonds. The summed E-state index contributed by atoms with van der Waals surface area (Å²) in [7, 11) is 0. The zero-order valence-corrected chi connectivity index (χ0v) is 14.1. The molecule has 0 saturated heterocycles. The lowest BCUT2D eigenvalue weighted by Crippen LogP contribution is -2.21. The molecule has 0 spiro atoms. The molecule has 1 N–H and O–H groups in total. The lowest BCUT2D eigenvalue weighted by Gasteiger charge is -2.32. The molecule has 21 heavy (non-hydrogen) atoms. The summed E-state index contributed by atoms with van der Waals surface area (Å²) < 4.78 is 1.10. The number of hydrogen-bond donors (Lipinski definition) is 1. The van der Waals surface area contributed by atoms with Gasteiger partial charge in [-0.25, -0.2) is 0 Å². The van der Waals surface area contributed by atoms with Crippen LogP contribution in [0.15, 0.2) is 40.9 Å². The quantitative estimate of drug-likeness (QED) is 0.738. The summed E-state index contributed by atoms with van der Waals surface area (Å²) in [5, 5.41) is 13.2. The van der Waals surface area contributed by atoms with Crippen LogP contribution in [0.2, 0.25) is 0 Å². The summed E-state index contributed by atoms with van der Waals surface area (Å²) in [4.78, 5) is 0. The Hall–Kier alpha value is -0.860. The smallest absolute Gasteiger partial charge is 0.0818 e. The highest BCUT2D eigenvalue weighted by atomic mass is 79.9. The molecule has 0 radical (unpaired) electrons. The zero-order chi connectivity index (χ0) is 14.8. The Morgan fingerprint density at radius 2 is 1.90 bits per heavy atom. The van der Waals surface area contributed by atoms with E-state index in [1.165, 1.54) is 36.5 Å². The topological polar surface area (TPSA) is 20.2 Å². The van der Waals surface area contributed by atoms with Crippen LogP contribution in [0.25, 0.3) is 10.8 Å². The van der Waals surface area contributed by atoms with Crippen LogP contribution in [-0.4, -0.2) is 5.11 Å². The molecule has 0 aromatic heterocycles. The lowest BCUT2D eigenvalue weighted by molar-refractivity contribution is 0.0679. The van der Waals surface area contributed by atoms with Gasteiger partial charge in [0.05, 0.1) is 6.10 Å². The summed E-state index contributed by atoms with van der Waals surface area (Å²) >= 11 is 3.51. The molecule has 3 rings (SSSR count). The van der Waals surface area contributed by atoms with E-state index in [9.17, 15) is 5.11 Å². The van der Waals surface area contributed by atoms with Crippen LogP contribution >= 0.6 is 15.9 Å². The van der Waals surface area contributed by atoms with E-state index in [0.29, 0.717) is 5.92 Å². The Labute approximate surface area is 135 Å². The summed E-state index contributed by atoms with van der Waals surface area (Å²) in [6, 6.07) is 12.7. The third-order valence-corrected chi connectivity index (χ3v) is 5.51. The molecule has 1 nitrogen and oxygen atoms in total. The van der Waals surface area contributed by atoms with E-state index < -0.39 is 0 Å². The Bertz CT molecular complexity index is 622. The van der Waals surface area contributed by atoms with Gasteiger partial charge in [0.1, 0.15) is 0 Å². The Morgan fingerprint density at radius 3 is 2.71 bits per heavy atom. The van der Waals surface area contributed by atoms with Crippen molar-refractivity contribution in [3.8, 4) is 0 Å². The van der Waals surface area contributed by atoms with Crippen LogP contribution in [0.3, 0.4) is 0 Å². The average molecular weight is 347 g/mol. The highest BCUT2D eigenvalue weighted by Crippen LogP contribution is 2.39. The molecular formula is C19H23BrO. The number of rotatable bonds is 3. The van der Waals surface area contributed by atoms with Crippen molar-refractivity contribution in [2.75, 3.05) is 0 Å². The van der Waals surface area contributed by atoms with Crippen molar-refractivity contribution in [2.45, 2.75) is 45.1 Å². The molecule has 1 aliphatic rings. The van der Waals surface area contributed by atoms with Gasteiger partial charge in [0, 0.05) is 4.47 Å². The SMILES string of the molecule is CCC1CCCC(C(O)c2ccc3cc(Br)ccc3c2)C1. The van der Waals surface area contributed by atoms with Gasteiger partial charge in [-0.2, -0.15) is 0 Å². The van der Waals surface area contributed by atoms with E-state index in [1.807, 2.05) is 0 Å². The minimum Gasteiger partial charge on any atom is -0.388 e. The number of hydrogen-bond acceptors (Lipinski definition) is 1. The average Bonchev–Trinajstić information content (AvgIpc) is 2.53. The summed E-state index contributed by atoms with van der Waals surface area (Å²) in [6.45, 7) is 2.27. The predicted molar refractivity (Wildman–Crippen MR) is 92.3 cm³/mol. The molecule has 112 valence electrons. The van der Waals surface area contributed by atoms with Crippen molar-refractivity contribution in [2.24, 2.45) is 11.8 Å². The van der Waals surface area contributed by atoms with Gasteiger partial charge in [-0.05, 0) is 59.2 Å². The summed E-state index contributed by atoms with van der Waals surface area (Å²) in [6.07, 6.45) is 5.88. The normalized spacial score (nSPS) is 24.1. The Morgan fingerprint density at radius 1 is 1.14 bits per heavy atom. The first-order valence-electron chi connectivity index (χ1n) is 8.04. The molecule has 2 aromatic carbocycles. The van der Waals surface area contributed by atoms with E-state index >= 15 is 0 Å². The number of benzene rings is 2. The third kappa shape index (κ3) is 3.32. The lowest BCUT2D eigenvalue weighted by atomic mass is 9.76. The number of aliphatic hydroxyl groups excluding tert-OH is 1. The molecule has 2 heteroatoms. The van der Waals surface area contributed by atoms with Gasteiger partial charge >= 0.3 is 0 Å². The van der Waals surface area contributed by atoms with Gasteiger partial charge in [0.25, 0.3) is 0 Å². The first kappa shape index (κ1) is 15.1. The predicted octanol–water partition coefficient (Wildman–Crippen LogP) is 5.85. The van der Waals surface area contributed by atoms with Crippen molar-refractivity contribution in [3.63, 3.8) is 0 Å². The Balaban J connectivity index is 1.83. The minimum absolute atomic E-state index is 0.313. The van der Waals surface area contributed by atoms with Gasteiger partial charge in [-0.15, -0.1) is 0 Å². The second-order valence-corrected chi connectivity index (χ2v) is 7.31. The van der Waals surface area contributed by atoms with Gasteiger partial charge in [0.15, 0.2) is 0 Å². The molecule has 1 aliphatic carbocycles. The van der Waals surface area contributed by atoms with E-state index in [1.54, 1.807) is 0 Å². The largest absolute Gasteiger partial charge is 0.388 e. The van der Waals surface area contributed by atoms with Crippen LogP contribution < -0.4 is 0 Å². The van der Waals surface area contributed by atoms with Gasteiger partial charge in [-0.3, -0.25) is 0 Å². The van der Waals surface area contributed by atoms with Gasteiger partial charge in [-0.1, -0.05) is 60.3 Å². The van der Waals surface area contributed by atoms with E-state index in [0.717, 1.165) is 22.4 Å². The van der Waals surface area contributed by atoms with Gasteiger partial charge < -0.3 is 5.11 Å². The van der Waals surface area contributed by atoms with Crippen LogP contribution in [0.4, 0.5) is 0 Å². The Kier molecular flexibility index (Phi) is 4.66. The maximum atomic E-state index is 10.8. The minimum atomic E-state index is -0.313. The maximum Gasteiger partial charge on any atom is 0.0818 e. The van der Waals surface area contributed by atoms with Crippen molar-refractivity contribution in [1.29, 1.82) is 0 Å². The van der Waals surface area contributed by atoms with Crippen molar-refractivity contribution in [3.05, 3.63) is 46.4 Å². The molecule has 0 heterocycles. The molecule has 1 fully saturated rings. The molecule has 0 aliphatic heterocycles. The second kappa shape index (κ2) is 6.50. The maximum absolute atomic E-state index is 10.8. The van der Waals surface area contributed by atoms with E-state index in [4.69, 9.17) is 0 Å². The number of halogens is 1. The molecule has 2 aromatic rings. The molecule has 0 bridgehead atoms. The van der Waals surface area contributed by atoms with Crippen LogP contribution in [0, 0.1) is 11.8 Å². The van der Waals surface area contributed by atoms with Crippen LogP contribution in [-0.2, 0) is 0 Å². The molecular weight excluding hydrogens is 324 g/mol. The van der Waals surface area contributed by atoms with Gasteiger partial charge in [0.2, 0.25) is 0 Å². The summed E-state index contributed by atoms with van der Waals surface area (Å²) in [5.41, 5.74) is 1.08. The van der Waals surface area contributed by atoms with E-state index in [2.05, 4.69) is 59.3 Å². The molecule has 3 unspecified atom stereocenters. The fourth-order valence-electron chi connectivity index (χ4n) is 3.68. The van der Waals surface area contributed by atoms with Crippen molar-refractivity contribution in [1.82, 2.24) is 0 Å². The van der Waals surface area contributed by atoms with Crippen LogP contribution in [0.5, 0.6) is 0 Å². The third-order valence-electron chi connectivity index (χ3n) is 5.02. The monoisotopic (exact) mass is 346 g/mol.